The molecule has 1 unspecified atom stereocenters. The number of hydrogen-bond acceptors (Lipinski definition) is 3. The van der Waals surface area contributed by atoms with Crippen LogP contribution in [0.3, 0.4) is 0 Å². The van der Waals surface area contributed by atoms with Gasteiger partial charge in [0.15, 0.2) is 0 Å². The molecule has 0 bridgehead atoms. The summed E-state index contributed by atoms with van der Waals surface area (Å²) in [6, 6.07) is 7.10. The van der Waals surface area contributed by atoms with E-state index in [1.807, 2.05) is 19.1 Å². The van der Waals surface area contributed by atoms with Gasteiger partial charge < -0.3 is 9.80 Å². The van der Waals surface area contributed by atoms with E-state index in [-0.39, 0.29) is 0 Å². The average Bonchev–Trinajstić information content (AvgIpc) is 2.77. The molecule has 0 aliphatic rings. The largest absolute Gasteiger partial charge is 0.370 e. The van der Waals surface area contributed by atoms with Crippen molar-refractivity contribution < 1.29 is 0 Å². The van der Waals surface area contributed by atoms with Crippen molar-refractivity contribution in [1.29, 1.82) is 0 Å². The van der Waals surface area contributed by atoms with Gasteiger partial charge in [-0.05, 0) is 63.4 Å². The van der Waals surface area contributed by atoms with Crippen LogP contribution in [0.25, 0.3) is 6.08 Å². The second kappa shape index (κ2) is 16.3. The van der Waals surface area contributed by atoms with Gasteiger partial charge in [-0.25, -0.2) is 0 Å². The molecule has 0 N–H and O–H groups in total. The molecular formula is C29H45N3. The topological polar surface area (TPSA) is 18.8 Å². The zero-order valence-electron chi connectivity index (χ0n) is 21.3. The first kappa shape index (κ1) is 27.6. The number of nitrogens with zero attached hydrogens (tertiary/aromatic N) is 3. The molecule has 1 aromatic carbocycles. The van der Waals surface area contributed by atoms with Crippen LogP contribution in [0.4, 0.5) is 11.4 Å². The summed E-state index contributed by atoms with van der Waals surface area (Å²) in [5, 5.41) is 0. The van der Waals surface area contributed by atoms with Crippen LogP contribution in [0.5, 0.6) is 0 Å². The number of hydrogen-bond donors (Lipinski definition) is 0. The molecule has 176 valence electrons. The molecule has 0 aromatic heterocycles. The number of benzene rings is 1. The number of anilines is 1. The lowest BCUT2D eigenvalue weighted by Gasteiger charge is -2.32. The maximum atomic E-state index is 4.84. The summed E-state index contributed by atoms with van der Waals surface area (Å²) in [5.41, 5.74) is 4.61. The van der Waals surface area contributed by atoms with Crippen LogP contribution in [0.15, 0.2) is 65.7 Å². The fraction of sp³-hybridized carbons (Fsp3) is 0.483. The molecule has 0 radical (unpaired) electrons. The lowest BCUT2D eigenvalue weighted by Crippen LogP contribution is -2.35. The number of aliphatic imine (C=N–C) groups is 1. The van der Waals surface area contributed by atoms with Crippen LogP contribution in [0.2, 0.25) is 0 Å². The van der Waals surface area contributed by atoms with Crippen molar-refractivity contribution in [2.45, 2.75) is 65.8 Å². The van der Waals surface area contributed by atoms with Gasteiger partial charge in [-0.3, -0.25) is 4.99 Å². The number of unbranched alkanes of at least 4 members (excludes halogenated alkanes) is 1. The van der Waals surface area contributed by atoms with Gasteiger partial charge >= 0.3 is 0 Å². The Bertz CT molecular complexity index is 786. The molecule has 32 heavy (non-hydrogen) atoms. The third kappa shape index (κ3) is 10.3. The van der Waals surface area contributed by atoms with Crippen molar-refractivity contribution in [2.75, 3.05) is 32.1 Å². The Labute approximate surface area is 197 Å². The molecule has 0 aliphatic heterocycles. The molecule has 0 amide bonds. The summed E-state index contributed by atoms with van der Waals surface area (Å²) in [6.07, 6.45) is 20.1. The normalized spacial score (nSPS) is 13.3. The van der Waals surface area contributed by atoms with E-state index in [4.69, 9.17) is 4.99 Å². The van der Waals surface area contributed by atoms with E-state index in [1.165, 1.54) is 24.1 Å². The Hall–Kier alpha value is -2.39. The van der Waals surface area contributed by atoms with Gasteiger partial charge in [0.2, 0.25) is 0 Å². The van der Waals surface area contributed by atoms with E-state index in [1.54, 1.807) is 0 Å². The Morgan fingerprint density at radius 3 is 2.50 bits per heavy atom. The lowest BCUT2D eigenvalue weighted by atomic mass is 10.0. The molecule has 1 aromatic rings. The lowest BCUT2D eigenvalue weighted by molar-refractivity contribution is 0.337. The van der Waals surface area contributed by atoms with Gasteiger partial charge in [-0.1, -0.05) is 75.8 Å². The molecule has 0 aliphatic carbocycles. The van der Waals surface area contributed by atoms with Crippen LogP contribution in [0, 0.1) is 0 Å². The van der Waals surface area contributed by atoms with Crippen molar-refractivity contribution in [3.8, 4) is 0 Å². The maximum Gasteiger partial charge on any atom is 0.0865 e. The standard InChI is InChI=1S/C29H45N3/c1-8-12-14-17-25(5)24-31(6)22-20-27(16-11-4)32(7)29-19-18-26(15-10-3)23-28(29)30-21-13-9-2/h8,10,12,14-15,17-19,21,23,27H,5,9,11,13,16,20,22,24H2,1-4,6-7H3/b12-8-,15-10+,17-14-,30-21?. The van der Waals surface area contributed by atoms with E-state index in [9.17, 15) is 0 Å². The van der Waals surface area contributed by atoms with E-state index in [0.29, 0.717) is 6.04 Å². The fourth-order valence-corrected chi connectivity index (χ4v) is 3.74. The van der Waals surface area contributed by atoms with E-state index < -0.39 is 0 Å². The molecule has 0 heterocycles. The smallest absolute Gasteiger partial charge is 0.0865 e. The SMILES string of the molecule is C=C(/C=C\C=C/C)CN(C)CCC(CCC)N(C)c1ccc(/C=C/C)cc1N=CCCC. The molecule has 0 saturated heterocycles. The molecule has 1 rings (SSSR count). The summed E-state index contributed by atoms with van der Waals surface area (Å²) in [7, 11) is 4.41. The van der Waals surface area contributed by atoms with E-state index >= 15 is 0 Å². The molecule has 0 spiro atoms. The summed E-state index contributed by atoms with van der Waals surface area (Å²) in [4.78, 5) is 9.65. The minimum atomic E-state index is 0.474. The first-order valence-corrected chi connectivity index (χ1v) is 12.1. The second-order valence-electron chi connectivity index (χ2n) is 8.47. The van der Waals surface area contributed by atoms with Crippen molar-refractivity contribution in [1.82, 2.24) is 4.90 Å². The Kier molecular flexibility index (Phi) is 14.1. The van der Waals surface area contributed by atoms with Crippen LogP contribution in [0.1, 0.15) is 65.4 Å². The highest BCUT2D eigenvalue weighted by Crippen LogP contribution is 2.32. The van der Waals surface area contributed by atoms with Crippen molar-refractivity contribution in [2.24, 2.45) is 4.99 Å². The van der Waals surface area contributed by atoms with Gasteiger partial charge in [-0.2, -0.15) is 0 Å². The van der Waals surface area contributed by atoms with Crippen LogP contribution < -0.4 is 4.90 Å². The first-order chi connectivity index (χ1) is 15.5. The van der Waals surface area contributed by atoms with E-state index in [0.717, 1.165) is 43.6 Å². The van der Waals surface area contributed by atoms with E-state index in [2.05, 4.69) is 100.0 Å². The number of allylic oxidation sites excluding steroid dienone is 4. The third-order valence-corrected chi connectivity index (χ3v) is 5.51. The monoisotopic (exact) mass is 435 g/mol. The van der Waals surface area contributed by atoms with Crippen LogP contribution >= 0.6 is 0 Å². The van der Waals surface area contributed by atoms with Crippen molar-refractivity contribution in [3.05, 3.63) is 66.3 Å². The quantitative estimate of drug-likeness (QED) is 0.206. The van der Waals surface area contributed by atoms with Gasteiger partial charge in [0.25, 0.3) is 0 Å². The molecule has 3 heteroatoms. The second-order valence-corrected chi connectivity index (χ2v) is 8.47. The van der Waals surface area contributed by atoms with Gasteiger partial charge in [-0.15, -0.1) is 0 Å². The van der Waals surface area contributed by atoms with Crippen LogP contribution in [-0.2, 0) is 0 Å². The summed E-state index contributed by atoms with van der Waals surface area (Å²) in [5.74, 6) is 0. The third-order valence-electron chi connectivity index (χ3n) is 5.51. The molecular weight excluding hydrogens is 390 g/mol. The molecule has 0 saturated carbocycles. The van der Waals surface area contributed by atoms with Crippen LogP contribution in [-0.4, -0.2) is 44.3 Å². The predicted molar refractivity (Wildman–Crippen MR) is 147 cm³/mol. The molecule has 3 nitrogen and oxygen atoms in total. The van der Waals surface area contributed by atoms with Gasteiger partial charge in [0.05, 0.1) is 11.4 Å². The molecule has 1 atom stereocenters. The fourth-order valence-electron chi connectivity index (χ4n) is 3.74. The highest BCUT2D eigenvalue weighted by Gasteiger charge is 2.18. The molecule has 0 fully saturated rings. The Morgan fingerprint density at radius 1 is 1.06 bits per heavy atom. The maximum absolute atomic E-state index is 4.84. The van der Waals surface area contributed by atoms with Crippen molar-refractivity contribution >= 4 is 23.7 Å². The minimum Gasteiger partial charge on any atom is -0.370 e. The highest BCUT2D eigenvalue weighted by atomic mass is 15.2. The highest BCUT2D eigenvalue weighted by molar-refractivity contribution is 5.76. The zero-order valence-corrected chi connectivity index (χ0v) is 21.3. The summed E-state index contributed by atoms with van der Waals surface area (Å²) >= 11 is 0. The van der Waals surface area contributed by atoms with Crippen molar-refractivity contribution in [3.63, 3.8) is 0 Å². The zero-order chi connectivity index (χ0) is 23.8. The Morgan fingerprint density at radius 2 is 1.84 bits per heavy atom. The van der Waals surface area contributed by atoms with Gasteiger partial charge in [0.1, 0.15) is 0 Å². The van der Waals surface area contributed by atoms with Gasteiger partial charge in [0, 0.05) is 32.4 Å². The summed E-state index contributed by atoms with van der Waals surface area (Å²) < 4.78 is 0. The summed E-state index contributed by atoms with van der Waals surface area (Å²) in [6.45, 7) is 14.7. The first-order valence-electron chi connectivity index (χ1n) is 12.1. The number of likely N-dealkylation sites (N-methyl/N-ethyl adjacent to an activating group) is 1. The average molecular weight is 436 g/mol. The number of rotatable bonds is 15. The Balaban J connectivity index is 2.94. The minimum absolute atomic E-state index is 0.474. The predicted octanol–water partition coefficient (Wildman–Crippen LogP) is 7.84.